The summed E-state index contributed by atoms with van der Waals surface area (Å²) in [5.41, 5.74) is 0. The van der Waals surface area contributed by atoms with Crippen molar-refractivity contribution in [3.63, 3.8) is 0 Å². The second-order valence-corrected chi connectivity index (χ2v) is 8.44. The Hall–Kier alpha value is -0.200. The maximum atomic E-state index is 6.41. The standard InChI is InChI=1S/C19H30O5/c1-13-15(14-12-20-18(22-14)8-4-2-5-9-18)21-17-16(13)23-19(24-17)10-6-3-7-11-19/h13-17H,2-12H2,1H3/t13-,14?,15-,16?,17?/m0/s1. The van der Waals surface area contributed by atoms with Crippen molar-refractivity contribution in [2.24, 2.45) is 5.92 Å². The molecule has 0 N–H and O–H groups in total. The summed E-state index contributed by atoms with van der Waals surface area (Å²) >= 11 is 0. The molecule has 3 aliphatic heterocycles. The van der Waals surface area contributed by atoms with Gasteiger partial charge in [0.25, 0.3) is 0 Å². The van der Waals surface area contributed by atoms with Gasteiger partial charge in [0.1, 0.15) is 12.2 Å². The van der Waals surface area contributed by atoms with Gasteiger partial charge in [-0.3, -0.25) is 0 Å². The molecular formula is C19H30O5. The number of hydrogen-bond donors (Lipinski definition) is 0. The van der Waals surface area contributed by atoms with Crippen LogP contribution in [0, 0.1) is 5.92 Å². The van der Waals surface area contributed by atoms with E-state index in [0.717, 1.165) is 25.7 Å². The van der Waals surface area contributed by atoms with Gasteiger partial charge in [-0.2, -0.15) is 0 Å². The van der Waals surface area contributed by atoms with Crippen LogP contribution in [-0.2, 0) is 23.7 Å². The quantitative estimate of drug-likeness (QED) is 0.732. The van der Waals surface area contributed by atoms with E-state index >= 15 is 0 Å². The molecule has 3 heterocycles. The lowest BCUT2D eigenvalue weighted by Gasteiger charge is -2.35. The molecule has 0 aromatic rings. The van der Waals surface area contributed by atoms with E-state index in [4.69, 9.17) is 23.7 Å². The third kappa shape index (κ3) is 2.55. The lowest BCUT2D eigenvalue weighted by molar-refractivity contribution is -0.255. The van der Waals surface area contributed by atoms with Crippen LogP contribution < -0.4 is 0 Å². The Bertz CT molecular complexity index is 468. The Labute approximate surface area is 144 Å². The third-order valence-electron chi connectivity index (χ3n) is 6.75. The molecule has 136 valence electrons. The highest BCUT2D eigenvalue weighted by Crippen LogP contribution is 2.49. The molecule has 0 bridgehead atoms. The van der Waals surface area contributed by atoms with Crippen LogP contribution >= 0.6 is 0 Å². The Kier molecular flexibility index (Phi) is 3.95. The normalized spacial score (nSPS) is 46.6. The Morgan fingerprint density at radius 1 is 0.708 bits per heavy atom. The van der Waals surface area contributed by atoms with Crippen LogP contribution in [0.5, 0.6) is 0 Å². The molecule has 5 heteroatoms. The molecule has 0 amide bonds. The number of ether oxygens (including phenoxy) is 5. The zero-order valence-corrected chi connectivity index (χ0v) is 14.7. The van der Waals surface area contributed by atoms with Crippen LogP contribution in [0.15, 0.2) is 0 Å². The van der Waals surface area contributed by atoms with Crippen molar-refractivity contribution >= 4 is 0 Å². The molecule has 24 heavy (non-hydrogen) atoms. The summed E-state index contributed by atoms with van der Waals surface area (Å²) in [6.07, 6.45) is 11.3. The van der Waals surface area contributed by atoms with Crippen LogP contribution in [-0.4, -0.2) is 42.8 Å². The van der Waals surface area contributed by atoms with E-state index < -0.39 is 0 Å². The number of hydrogen-bond acceptors (Lipinski definition) is 5. The average molecular weight is 338 g/mol. The Morgan fingerprint density at radius 3 is 2.04 bits per heavy atom. The van der Waals surface area contributed by atoms with Crippen molar-refractivity contribution in [2.45, 2.75) is 107 Å². The molecule has 0 radical (unpaired) electrons. The van der Waals surface area contributed by atoms with Crippen molar-refractivity contribution in [1.82, 2.24) is 0 Å². The minimum Gasteiger partial charge on any atom is -0.347 e. The van der Waals surface area contributed by atoms with E-state index in [1.807, 2.05) is 0 Å². The molecule has 0 aromatic heterocycles. The minimum absolute atomic E-state index is 0.0122. The smallest absolute Gasteiger partial charge is 0.187 e. The molecule has 3 unspecified atom stereocenters. The van der Waals surface area contributed by atoms with Crippen LogP contribution in [0.4, 0.5) is 0 Å². The first-order valence-electron chi connectivity index (χ1n) is 10.0. The number of rotatable bonds is 1. The molecule has 5 rings (SSSR count). The van der Waals surface area contributed by atoms with Gasteiger partial charge in [0.2, 0.25) is 0 Å². The van der Waals surface area contributed by atoms with Crippen molar-refractivity contribution in [1.29, 1.82) is 0 Å². The van der Waals surface area contributed by atoms with Gasteiger partial charge in [-0.05, 0) is 25.7 Å². The lowest BCUT2D eigenvalue weighted by atomic mass is 9.93. The molecule has 2 spiro atoms. The summed E-state index contributed by atoms with van der Waals surface area (Å²) in [6.45, 7) is 2.86. The largest absolute Gasteiger partial charge is 0.347 e. The SMILES string of the molecule is C[C@@H]1C2OC3(CCCCC3)OC2O[C@@H]1C1COC2(CCCCC2)O1. The van der Waals surface area contributed by atoms with E-state index in [2.05, 4.69) is 6.92 Å². The van der Waals surface area contributed by atoms with E-state index in [1.165, 1.54) is 38.5 Å². The van der Waals surface area contributed by atoms with Gasteiger partial charge >= 0.3 is 0 Å². The fourth-order valence-electron chi connectivity index (χ4n) is 5.38. The van der Waals surface area contributed by atoms with Crippen LogP contribution in [0.3, 0.4) is 0 Å². The van der Waals surface area contributed by atoms with Gasteiger partial charge in [0.15, 0.2) is 17.9 Å². The van der Waals surface area contributed by atoms with Gasteiger partial charge in [0.05, 0.1) is 12.7 Å². The van der Waals surface area contributed by atoms with E-state index in [0.29, 0.717) is 6.61 Å². The molecule has 3 saturated heterocycles. The molecule has 5 atom stereocenters. The maximum absolute atomic E-state index is 6.41. The summed E-state index contributed by atoms with van der Waals surface area (Å²) in [5.74, 6) is -0.427. The first-order chi connectivity index (χ1) is 11.7. The summed E-state index contributed by atoms with van der Waals surface area (Å²) in [6, 6.07) is 0. The summed E-state index contributed by atoms with van der Waals surface area (Å²) in [4.78, 5) is 0. The van der Waals surface area contributed by atoms with E-state index in [1.54, 1.807) is 0 Å². The van der Waals surface area contributed by atoms with Crippen LogP contribution in [0.2, 0.25) is 0 Å². The average Bonchev–Trinajstić information content (AvgIpc) is 3.23. The topological polar surface area (TPSA) is 46.2 Å². The Balaban J connectivity index is 1.24. The molecule has 5 nitrogen and oxygen atoms in total. The lowest BCUT2D eigenvalue weighted by Crippen LogP contribution is -2.41. The van der Waals surface area contributed by atoms with E-state index in [9.17, 15) is 0 Å². The van der Waals surface area contributed by atoms with Crippen molar-refractivity contribution in [3.8, 4) is 0 Å². The second-order valence-electron chi connectivity index (χ2n) is 8.44. The monoisotopic (exact) mass is 338 g/mol. The van der Waals surface area contributed by atoms with Crippen molar-refractivity contribution < 1.29 is 23.7 Å². The minimum atomic E-state index is -0.371. The second kappa shape index (κ2) is 5.92. The summed E-state index contributed by atoms with van der Waals surface area (Å²) in [7, 11) is 0. The highest BCUT2D eigenvalue weighted by molar-refractivity contribution is 4.98. The van der Waals surface area contributed by atoms with Gasteiger partial charge in [0, 0.05) is 31.6 Å². The van der Waals surface area contributed by atoms with Crippen molar-refractivity contribution in [3.05, 3.63) is 0 Å². The van der Waals surface area contributed by atoms with Crippen molar-refractivity contribution in [2.75, 3.05) is 6.61 Å². The predicted molar refractivity (Wildman–Crippen MR) is 86.2 cm³/mol. The predicted octanol–water partition coefficient (Wildman–Crippen LogP) is 3.50. The Morgan fingerprint density at radius 2 is 1.38 bits per heavy atom. The highest BCUT2D eigenvalue weighted by atomic mass is 16.8. The third-order valence-corrected chi connectivity index (χ3v) is 6.75. The summed E-state index contributed by atoms with van der Waals surface area (Å²) < 4.78 is 31.5. The highest BCUT2D eigenvalue weighted by Gasteiger charge is 2.59. The number of fused-ring (bicyclic) bond motifs is 1. The maximum Gasteiger partial charge on any atom is 0.187 e. The fraction of sp³-hybridized carbons (Fsp3) is 1.00. The molecular weight excluding hydrogens is 308 g/mol. The van der Waals surface area contributed by atoms with Gasteiger partial charge in [-0.25, -0.2) is 0 Å². The zero-order chi connectivity index (χ0) is 16.2. The molecule has 5 aliphatic rings. The first-order valence-corrected chi connectivity index (χ1v) is 10.0. The summed E-state index contributed by atoms with van der Waals surface area (Å²) in [5, 5.41) is 0. The molecule has 2 aliphatic carbocycles. The van der Waals surface area contributed by atoms with Gasteiger partial charge in [-0.1, -0.05) is 19.8 Å². The van der Waals surface area contributed by atoms with Gasteiger partial charge < -0.3 is 23.7 Å². The first kappa shape index (κ1) is 16.0. The van der Waals surface area contributed by atoms with E-state index in [-0.39, 0.29) is 42.1 Å². The molecule has 5 fully saturated rings. The van der Waals surface area contributed by atoms with Crippen LogP contribution in [0.1, 0.15) is 71.1 Å². The zero-order valence-electron chi connectivity index (χ0n) is 14.7. The van der Waals surface area contributed by atoms with Gasteiger partial charge in [-0.15, -0.1) is 0 Å². The molecule has 2 saturated carbocycles. The molecule has 0 aromatic carbocycles. The van der Waals surface area contributed by atoms with Crippen LogP contribution in [0.25, 0.3) is 0 Å². The fourth-order valence-corrected chi connectivity index (χ4v) is 5.38.